The Morgan fingerprint density at radius 3 is 2.44 bits per heavy atom. The first-order valence-electron chi connectivity index (χ1n) is 7.23. The number of hydrogen-bond donors (Lipinski definition) is 2. The van der Waals surface area contributed by atoms with Gasteiger partial charge in [-0.2, -0.15) is 0 Å². The standard InChI is InChI=1S/C14H28N2O2/c1-11(2)16(9-6-10-17)12(3)14(18)15-13-7-4-5-8-13/h11-13,17H,4-10H2,1-3H3,(H,15,18). The van der Waals surface area contributed by atoms with E-state index in [2.05, 4.69) is 24.1 Å². The zero-order valence-corrected chi connectivity index (χ0v) is 12.0. The summed E-state index contributed by atoms with van der Waals surface area (Å²) in [7, 11) is 0. The van der Waals surface area contributed by atoms with Crippen LogP contribution in [0.25, 0.3) is 0 Å². The molecule has 0 bridgehead atoms. The molecule has 4 heteroatoms. The zero-order valence-electron chi connectivity index (χ0n) is 12.0. The molecule has 0 aromatic rings. The van der Waals surface area contributed by atoms with Gasteiger partial charge in [0.05, 0.1) is 6.04 Å². The van der Waals surface area contributed by atoms with E-state index in [1.54, 1.807) is 0 Å². The molecule has 1 aliphatic rings. The number of hydrogen-bond acceptors (Lipinski definition) is 3. The number of rotatable bonds is 7. The summed E-state index contributed by atoms with van der Waals surface area (Å²) in [6, 6.07) is 0.588. The minimum atomic E-state index is -0.114. The highest BCUT2D eigenvalue weighted by molar-refractivity contribution is 5.81. The van der Waals surface area contributed by atoms with Crippen molar-refractivity contribution in [1.29, 1.82) is 0 Å². The summed E-state index contributed by atoms with van der Waals surface area (Å²) in [5.41, 5.74) is 0. The lowest BCUT2D eigenvalue weighted by molar-refractivity contribution is -0.127. The number of aliphatic hydroxyl groups excluding tert-OH is 1. The lowest BCUT2D eigenvalue weighted by atomic mass is 10.1. The van der Waals surface area contributed by atoms with E-state index in [-0.39, 0.29) is 18.6 Å². The molecule has 1 aliphatic carbocycles. The van der Waals surface area contributed by atoms with E-state index >= 15 is 0 Å². The third kappa shape index (κ3) is 4.58. The van der Waals surface area contributed by atoms with Crippen LogP contribution in [0.4, 0.5) is 0 Å². The third-order valence-electron chi connectivity index (χ3n) is 3.82. The van der Waals surface area contributed by atoms with E-state index in [0.29, 0.717) is 12.1 Å². The van der Waals surface area contributed by atoms with Gasteiger partial charge in [-0.15, -0.1) is 0 Å². The van der Waals surface area contributed by atoms with E-state index in [9.17, 15) is 4.79 Å². The molecule has 0 heterocycles. The Morgan fingerprint density at radius 1 is 1.33 bits per heavy atom. The average Bonchev–Trinajstić information content (AvgIpc) is 2.81. The Morgan fingerprint density at radius 2 is 1.94 bits per heavy atom. The maximum absolute atomic E-state index is 12.2. The van der Waals surface area contributed by atoms with Gasteiger partial charge in [0.1, 0.15) is 0 Å². The quantitative estimate of drug-likeness (QED) is 0.726. The molecule has 1 atom stereocenters. The Kier molecular flexibility index (Phi) is 6.65. The summed E-state index contributed by atoms with van der Waals surface area (Å²) >= 11 is 0. The van der Waals surface area contributed by atoms with Crippen LogP contribution < -0.4 is 5.32 Å². The highest BCUT2D eigenvalue weighted by Crippen LogP contribution is 2.18. The minimum absolute atomic E-state index is 0.114. The van der Waals surface area contributed by atoms with Crippen molar-refractivity contribution in [2.45, 2.75) is 71.0 Å². The van der Waals surface area contributed by atoms with Crippen LogP contribution in [-0.2, 0) is 4.79 Å². The van der Waals surface area contributed by atoms with Crippen LogP contribution in [0.5, 0.6) is 0 Å². The van der Waals surface area contributed by atoms with E-state index in [0.717, 1.165) is 25.8 Å². The van der Waals surface area contributed by atoms with Gasteiger partial charge in [-0.05, 0) is 40.0 Å². The largest absolute Gasteiger partial charge is 0.396 e. The second-order valence-corrected chi connectivity index (χ2v) is 5.57. The Hall–Kier alpha value is -0.610. The summed E-state index contributed by atoms with van der Waals surface area (Å²) < 4.78 is 0. The molecular formula is C14H28N2O2. The van der Waals surface area contributed by atoms with Crippen molar-refractivity contribution >= 4 is 5.91 Å². The van der Waals surface area contributed by atoms with E-state index in [4.69, 9.17) is 5.11 Å². The molecule has 0 radical (unpaired) electrons. The Bertz CT molecular complexity index is 250. The van der Waals surface area contributed by atoms with Crippen molar-refractivity contribution in [2.24, 2.45) is 0 Å². The molecule has 0 spiro atoms. The molecule has 0 saturated heterocycles. The van der Waals surface area contributed by atoms with Crippen molar-refractivity contribution < 1.29 is 9.90 Å². The number of nitrogens with one attached hydrogen (secondary N) is 1. The van der Waals surface area contributed by atoms with Gasteiger partial charge in [-0.3, -0.25) is 9.69 Å². The van der Waals surface area contributed by atoms with Gasteiger partial charge in [0.15, 0.2) is 0 Å². The fourth-order valence-corrected chi connectivity index (χ4v) is 2.69. The maximum Gasteiger partial charge on any atom is 0.237 e. The van der Waals surface area contributed by atoms with Crippen LogP contribution in [-0.4, -0.2) is 47.2 Å². The molecule has 2 N–H and O–H groups in total. The molecule has 4 nitrogen and oxygen atoms in total. The van der Waals surface area contributed by atoms with E-state index in [1.165, 1.54) is 12.8 Å². The van der Waals surface area contributed by atoms with Crippen molar-refractivity contribution in [2.75, 3.05) is 13.2 Å². The second-order valence-electron chi connectivity index (χ2n) is 5.57. The minimum Gasteiger partial charge on any atom is -0.396 e. The van der Waals surface area contributed by atoms with Gasteiger partial charge in [0.2, 0.25) is 5.91 Å². The monoisotopic (exact) mass is 256 g/mol. The fourth-order valence-electron chi connectivity index (χ4n) is 2.69. The molecule has 0 aliphatic heterocycles. The molecule has 1 fully saturated rings. The lowest BCUT2D eigenvalue weighted by Crippen LogP contribution is -2.50. The molecule has 1 rings (SSSR count). The van der Waals surface area contributed by atoms with Gasteiger partial charge < -0.3 is 10.4 Å². The highest BCUT2D eigenvalue weighted by atomic mass is 16.3. The number of carbonyl (C=O) groups is 1. The van der Waals surface area contributed by atoms with E-state index in [1.807, 2.05) is 6.92 Å². The molecule has 106 valence electrons. The van der Waals surface area contributed by atoms with Crippen LogP contribution in [0, 0.1) is 0 Å². The normalized spacial score (nSPS) is 18.6. The lowest BCUT2D eigenvalue weighted by Gasteiger charge is -2.32. The fraction of sp³-hybridized carbons (Fsp3) is 0.929. The summed E-state index contributed by atoms with van der Waals surface area (Å²) in [5.74, 6) is 0.133. The first-order valence-corrected chi connectivity index (χ1v) is 7.23. The SMILES string of the molecule is CC(C)N(CCCO)C(C)C(=O)NC1CCCC1. The molecular weight excluding hydrogens is 228 g/mol. The number of carbonyl (C=O) groups excluding carboxylic acids is 1. The van der Waals surface area contributed by atoms with Crippen LogP contribution in [0.3, 0.4) is 0 Å². The molecule has 0 aromatic heterocycles. The van der Waals surface area contributed by atoms with Crippen LogP contribution in [0.2, 0.25) is 0 Å². The summed E-state index contributed by atoms with van der Waals surface area (Å²) in [6.07, 6.45) is 5.43. The van der Waals surface area contributed by atoms with E-state index < -0.39 is 0 Å². The van der Waals surface area contributed by atoms with Gasteiger partial charge in [0, 0.05) is 25.2 Å². The molecule has 0 aromatic carbocycles. The number of amides is 1. The average molecular weight is 256 g/mol. The zero-order chi connectivity index (χ0) is 13.5. The predicted octanol–water partition coefficient (Wildman–Crippen LogP) is 1.53. The van der Waals surface area contributed by atoms with Gasteiger partial charge in [-0.25, -0.2) is 0 Å². The molecule has 1 unspecified atom stereocenters. The van der Waals surface area contributed by atoms with Crippen molar-refractivity contribution in [3.05, 3.63) is 0 Å². The maximum atomic E-state index is 12.2. The molecule has 1 amide bonds. The smallest absolute Gasteiger partial charge is 0.237 e. The van der Waals surface area contributed by atoms with Gasteiger partial charge in [-0.1, -0.05) is 12.8 Å². The summed E-state index contributed by atoms with van der Waals surface area (Å²) in [6.45, 7) is 7.10. The first-order chi connectivity index (χ1) is 8.56. The molecule has 18 heavy (non-hydrogen) atoms. The van der Waals surface area contributed by atoms with Crippen LogP contribution >= 0.6 is 0 Å². The van der Waals surface area contributed by atoms with Gasteiger partial charge in [0.25, 0.3) is 0 Å². The van der Waals surface area contributed by atoms with Crippen LogP contribution in [0.15, 0.2) is 0 Å². The van der Waals surface area contributed by atoms with Crippen molar-refractivity contribution in [1.82, 2.24) is 10.2 Å². The number of aliphatic hydroxyl groups is 1. The van der Waals surface area contributed by atoms with Crippen molar-refractivity contribution in [3.63, 3.8) is 0 Å². The number of nitrogens with zero attached hydrogens (tertiary/aromatic N) is 1. The van der Waals surface area contributed by atoms with Crippen molar-refractivity contribution in [3.8, 4) is 0 Å². The van der Waals surface area contributed by atoms with Gasteiger partial charge >= 0.3 is 0 Å². The predicted molar refractivity (Wildman–Crippen MR) is 73.4 cm³/mol. The summed E-state index contributed by atoms with van der Waals surface area (Å²) in [4.78, 5) is 14.3. The Balaban J connectivity index is 2.46. The topological polar surface area (TPSA) is 52.6 Å². The first kappa shape index (κ1) is 15.4. The Labute approximate surface area is 111 Å². The molecule has 1 saturated carbocycles. The second kappa shape index (κ2) is 7.74. The third-order valence-corrected chi connectivity index (χ3v) is 3.82. The van der Waals surface area contributed by atoms with Crippen LogP contribution in [0.1, 0.15) is 52.9 Å². The summed E-state index contributed by atoms with van der Waals surface area (Å²) in [5, 5.41) is 12.1. The highest BCUT2D eigenvalue weighted by Gasteiger charge is 2.26.